The number of carboxylic acids is 1. The number of benzene rings is 1. The summed E-state index contributed by atoms with van der Waals surface area (Å²) in [6.45, 7) is 3.21. The highest BCUT2D eigenvalue weighted by Gasteiger charge is 2.17. The minimum atomic E-state index is -1.06. The molecule has 0 aliphatic rings. The molecule has 1 heterocycles. The average Bonchev–Trinajstić information content (AvgIpc) is 2.76. The van der Waals surface area contributed by atoms with Crippen molar-refractivity contribution in [2.24, 2.45) is 0 Å². The van der Waals surface area contributed by atoms with Crippen molar-refractivity contribution < 1.29 is 19.5 Å². The van der Waals surface area contributed by atoms with Crippen LogP contribution in [0.2, 0.25) is 0 Å². The molecule has 0 bridgehead atoms. The molecule has 1 aromatic heterocycles. The molecule has 0 unspecified atom stereocenters. The molecule has 6 heteroatoms. The maximum Gasteiger partial charge on any atom is 0.352 e. The average molecular weight is 288 g/mol. The van der Waals surface area contributed by atoms with Gasteiger partial charge in [0.25, 0.3) is 0 Å². The van der Waals surface area contributed by atoms with Gasteiger partial charge in [0.15, 0.2) is 5.78 Å². The van der Waals surface area contributed by atoms with E-state index in [1.165, 1.54) is 13.8 Å². The van der Waals surface area contributed by atoms with Crippen LogP contribution in [0, 0.1) is 0 Å². The number of hydrogen-bond donors (Lipinski definition) is 3. The Morgan fingerprint density at radius 2 is 1.95 bits per heavy atom. The highest BCUT2D eigenvalue weighted by Crippen LogP contribution is 2.24. The van der Waals surface area contributed by atoms with Crippen LogP contribution < -0.4 is 5.32 Å². The molecule has 0 radical (unpaired) electrons. The Labute approximate surface area is 121 Å². The van der Waals surface area contributed by atoms with Crippen LogP contribution in [0.15, 0.2) is 18.2 Å². The highest BCUT2D eigenvalue weighted by molar-refractivity contribution is 6.02. The number of aromatic amines is 1. The highest BCUT2D eigenvalue weighted by atomic mass is 16.4. The molecule has 3 N–H and O–H groups in total. The van der Waals surface area contributed by atoms with Gasteiger partial charge in [-0.2, -0.15) is 0 Å². The van der Waals surface area contributed by atoms with E-state index < -0.39 is 5.97 Å². The maximum atomic E-state index is 11.5. The lowest BCUT2D eigenvalue weighted by Crippen LogP contribution is -2.22. The Morgan fingerprint density at radius 3 is 2.52 bits per heavy atom. The number of carbonyl (C=O) groups excluding carboxylic acids is 2. The quantitative estimate of drug-likeness (QED) is 0.730. The Kier molecular flexibility index (Phi) is 4.07. The lowest BCUT2D eigenvalue weighted by molar-refractivity contribution is -0.118. The Hall–Kier alpha value is -2.63. The summed E-state index contributed by atoms with van der Waals surface area (Å²) in [5.74, 6) is -1.31. The smallest absolute Gasteiger partial charge is 0.352 e. The number of hydrogen-bond acceptors (Lipinski definition) is 3. The van der Waals surface area contributed by atoms with Gasteiger partial charge < -0.3 is 15.4 Å². The second kappa shape index (κ2) is 5.78. The van der Waals surface area contributed by atoms with Crippen LogP contribution in [0.4, 0.5) is 0 Å². The second-order valence-electron chi connectivity index (χ2n) is 4.83. The van der Waals surface area contributed by atoms with Gasteiger partial charge in [-0.15, -0.1) is 0 Å². The van der Waals surface area contributed by atoms with Gasteiger partial charge in [-0.3, -0.25) is 9.59 Å². The zero-order valence-electron chi connectivity index (χ0n) is 11.8. The molecule has 1 aromatic carbocycles. The van der Waals surface area contributed by atoms with E-state index in [0.29, 0.717) is 35.0 Å². The lowest BCUT2D eigenvalue weighted by Gasteiger charge is -2.04. The molecule has 0 atom stereocenters. The van der Waals surface area contributed by atoms with E-state index in [1.807, 2.05) is 0 Å². The van der Waals surface area contributed by atoms with E-state index in [4.69, 9.17) is 0 Å². The minimum Gasteiger partial charge on any atom is -0.477 e. The van der Waals surface area contributed by atoms with Gasteiger partial charge in [0.1, 0.15) is 5.69 Å². The number of ketones is 1. The van der Waals surface area contributed by atoms with Crippen molar-refractivity contribution in [3.05, 3.63) is 35.0 Å². The van der Waals surface area contributed by atoms with Crippen LogP contribution in [0.3, 0.4) is 0 Å². The number of Topliss-reactive ketones (excluding diaryl/α,β-unsaturated/α-hetero) is 1. The van der Waals surface area contributed by atoms with Crippen molar-refractivity contribution in [2.75, 3.05) is 6.54 Å². The number of amides is 1. The summed E-state index contributed by atoms with van der Waals surface area (Å²) in [6.07, 6.45) is 0.378. The number of fused-ring (bicyclic) bond motifs is 1. The van der Waals surface area contributed by atoms with Crippen LogP contribution in [0.5, 0.6) is 0 Å². The van der Waals surface area contributed by atoms with Gasteiger partial charge in [-0.05, 0) is 37.1 Å². The van der Waals surface area contributed by atoms with Crippen LogP contribution in [-0.4, -0.2) is 34.3 Å². The fourth-order valence-electron chi connectivity index (χ4n) is 2.27. The van der Waals surface area contributed by atoms with Gasteiger partial charge in [-0.25, -0.2) is 4.79 Å². The molecule has 21 heavy (non-hydrogen) atoms. The van der Waals surface area contributed by atoms with Gasteiger partial charge in [-0.1, -0.05) is 0 Å². The molecule has 2 aromatic rings. The van der Waals surface area contributed by atoms with Crippen molar-refractivity contribution in [2.45, 2.75) is 20.3 Å². The molecule has 0 saturated heterocycles. The number of aromatic carboxylic acids is 1. The van der Waals surface area contributed by atoms with Crippen molar-refractivity contribution in [3.8, 4) is 0 Å². The summed E-state index contributed by atoms with van der Waals surface area (Å²) >= 11 is 0. The van der Waals surface area contributed by atoms with E-state index in [0.717, 1.165) is 0 Å². The standard InChI is InChI=1S/C15H16N2O4/c1-8(18)10-3-4-13-12(7-10)11(5-6-16-9(2)19)14(17-13)15(20)21/h3-4,7,17H,5-6H2,1-2H3,(H,16,19)(H,20,21). The lowest BCUT2D eigenvalue weighted by atomic mass is 10.0. The predicted octanol–water partition coefficient (Wildman–Crippen LogP) is 1.75. The fraction of sp³-hybridized carbons (Fsp3) is 0.267. The predicted molar refractivity (Wildman–Crippen MR) is 77.7 cm³/mol. The molecule has 0 aliphatic carbocycles. The molecule has 6 nitrogen and oxygen atoms in total. The summed E-state index contributed by atoms with van der Waals surface area (Å²) in [5, 5.41) is 12.6. The molecule has 0 fully saturated rings. The SMILES string of the molecule is CC(=O)NCCc1c(C(=O)O)[nH]c2ccc(C(C)=O)cc12. The number of carboxylic acid groups (broad SMARTS) is 1. The molecule has 0 saturated carbocycles. The van der Waals surface area contributed by atoms with E-state index in [9.17, 15) is 19.5 Å². The molecule has 0 spiro atoms. The van der Waals surface area contributed by atoms with Crippen LogP contribution >= 0.6 is 0 Å². The van der Waals surface area contributed by atoms with Crippen molar-refractivity contribution >= 4 is 28.6 Å². The minimum absolute atomic E-state index is 0.0808. The maximum absolute atomic E-state index is 11.5. The number of nitrogens with one attached hydrogen (secondary N) is 2. The summed E-state index contributed by atoms with van der Waals surface area (Å²) in [6, 6.07) is 5.04. The first kappa shape index (κ1) is 14.8. The van der Waals surface area contributed by atoms with Crippen LogP contribution in [0.25, 0.3) is 10.9 Å². The Bertz CT molecular complexity index is 731. The van der Waals surface area contributed by atoms with Gasteiger partial charge in [0.05, 0.1) is 0 Å². The normalized spacial score (nSPS) is 10.6. The van der Waals surface area contributed by atoms with Crippen molar-refractivity contribution in [1.29, 1.82) is 0 Å². The second-order valence-corrected chi connectivity index (χ2v) is 4.83. The van der Waals surface area contributed by atoms with Gasteiger partial charge in [0, 0.05) is 29.9 Å². The Morgan fingerprint density at radius 1 is 1.24 bits per heavy atom. The Balaban J connectivity index is 2.48. The first-order chi connectivity index (χ1) is 9.90. The number of H-pyrrole nitrogens is 1. The van der Waals surface area contributed by atoms with Crippen LogP contribution in [0.1, 0.15) is 40.3 Å². The third-order valence-electron chi connectivity index (χ3n) is 3.28. The number of rotatable bonds is 5. The summed E-state index contributed by atoms with van der Waals surface area (Å²) in [4.78, 5) is 36.5. The summed E-state index contributed by atoms with van der Waals surface area (Å²) in [7, 11) is 0. The van der Waals surface area contributed by atoms with E-state index in [2.05, 4.69) is 10.3 Å². The fourth-order valence-corrected chi connectivity index (χ4v) is 2.27. The molecule has 1 amide bonds. The monoisotopic (exact) mass is 288 g/mol. The van der Waals surface area contributed by atoms with E-state index >= 15 is 0 Å². The molecular weight excluding hydrogens is 272 g/mol. The zero-order valence-corrected chi connectivity index (χ0v) is 11.8. The molecular formula is C15H16N2O4. The number of carbonyl (C=O) groups is 3. The zero-order chi connectivity index (χ0) is 15.6. The molecule has 110 valence electrons. The van der Waals surface area contributed by atoms with Crippen molar-refractivity contribution in [1.82, 2.24) is 10.3 Å². The molecule has 0 aliphatic heterocycles. The van der Waals surface area contributed by atoms with Gasteiger partial charge >= 0.3 is 5.97 Å². The number of aromatic nitrogens is 1. The largest absolute Gasteiger partial charge is 0.477 e. The first-order valence-electron chi connectivity index (χ1n) is 6.53. The summed E-state index contributed by atoms with van der Waals surface area (Å²) < 4.78 is 0. The first-order valence-corrected chi connectivity index (χ1v) is 6.53. The topological polar surface area (TPSA) is 99.3 Å². The van der Waals surface area contributed by atoms with E-state index in [1.54, 1.807) is 18.2 Å². The summed E-state index contributed by atoms with van der Waals surface area (Å²) in [5.41, 5.74) is 1.87. The van der Waals surface area contributed by atoms with E-state index in [-0.39, 0.29) is 17.4 Å². The molecule has 2 rings (SSSR count). The van der Waals surface area contributed by atoms with Gasteiger partial charge in [0.2, 0.25) is 5.91 Å². The third-order valence-corrected chi connectivity index (χ3v) is 3.28. The third kappa shape index (κ3) is 3.10. The van der Waals surface area contributed by atoms with Crippen LogP contribution in [-0.2, 0) is 11.2 Å². The van der Waals surface area contributed by atoms with Crippen molar-refractivity contribution in [3.63, 3.8) is 0 Å².